The van der Waals surface area contributed by atoms with Crippen LogP contribution in [0.3, 0.4) is 0 Å². The molecule has 1 saturated carbocycles. The fourth-order valence-electron chi connectivity index (χ4n) is 1.08. The van der Waals surface area contributed by atoms with Crippen molar-refractivity contribution in [2.75, 3.05) is 0 Å². The molecule has 0 spiro atoms. The zero-order valence-corrected chi connectivity index (χ0v) is 13.5. The molecular weight excluding hydrogens is 291 g/mol. The minimum atomic E-state index is -1.61. The van der Waals surface area contributed by atoms with Gasteiger partial charge in [0.25, 0.3) is 0 Å². The molecule has 94 valence electrons. The molecule has 0 amide bonds. The minimum absolute atomic E-state index is 0. The first-order chi connectivity index (χ1) is 5.39. The number of hydrogen-bond donors (Lipinski definition) is 2. The predicted molar refractivity (Wildman–Crippen MR) is 61.9 cm³/mol. The van der Waals surface area contributed by atoms with Gasteiger partial charge in [-0.3, -0.25) is 0 Å². The molecule has 6 N–H and O–H groups in total. The summed E-state index contributed by atoms with van der Waals surface area (Å²) in [6, 6.07) is 0. The second-order valence-corrected chi connectivity index (χ2v) is 8.80. The Bertz CT molecular complexity index is 107. The average molecular weight is 318 g/mol. The molecule has 1 fully saturated rings. The Labute approximate surface area is 113 Å². The van der Waals surface area contributed by atoms with Crippen molar-refractivity contribution in [3.05, 3.63) is 0 Å². The third-order valence-electron chi connectivity index (χ3n) is 1.57. The number of aliphatic hydroxyl groups is 1. The zero-order chi connectivity index (χ0) is 9.61. The van der Waals surface area contributed by atoms with E-state index in [0.29, 0.717) is 0 Å². The Morgan fingerprint density at radius 1 is 0.933 bits per heavy atom. The summed E-state index contributed by atoms with van der Waals surface area (Å²) >= 11 is 0. The third kappa shape index (κ3) is 31.3. The third-order valence-corrected chi connectivity index (χ3v) is 1.57. The molecular formula is C9H26O4SiZr. The summed E-state index contributed by atoms with van der Waals surface area (Å²) in [5, 5.41) is 8.91. The fraction of sp³-hybridized carbons (Fsp3) is 1.00. The summed E-state index contributed by atoms with van der Waals surface area (Å²) in [7, 11) is -1.61. The standard InChI is InChI=1S/C6H12O.C3H10OSi.2H2O.Zr/c7-6-4-2-1-3-5-6;1-5(2,3)4;;;/h6-7H,1-5H2;4H,1-3H3;2*1H2;. The summed E-state index contributed by atoms with van der Waals surface area (Å²) in [5.74, 6) is 0. The normalized spacial score (nSPS) is 15.8. The molecule has 1 aliphatic rings. The average Bonchev–Trinajstić information content (AvgIpc) is 1.85. The quantitative estimate of drug-likeness (QED) is 0.634. The summed E-state index contributed by atoms with van der Waals surface area (Å²) in [4.78, 5) is 8.66. The predicted octanol–water partition coefficient (Wildman–Crippen LogP) is 0.473. The van der Waals surface area contributed by atoms with Gasteiger partial charge in [-0.1, -0.05) is 19.3 Å². The van der Waals surface area contributed by atoms with Crippen LogP contribution in [0.25, 0.3) is 0 Å². The van der Waals surface area contributed by atoms with Crippen molar-refractivity contribution >= 4 is 8.32 Å². The monoisotopic (exact) mass is 316 g/mol. The van der Waals surface area contributed by atoms with E-state index in [0.717, 1.165) is 12.8 Å². The molecule has 6 heteroatoms. The minimum Gasteiger partial charge on any atom is -0.433 e. The molecule has 1 rings (SSSR count). The van der Waals surface area contributed by atoms with Crippen molar-refractivity contribution in [1.82, 2.24) is 0 Å². The van der Waals surface area contributed by atoms with E-state index in [1.165, 1.54) is 19.3 Å². The van der Waals surface area contributed by atoms with Gasteiger partial charge in [0.05, 0.1) is 6.10 Å². The first-order valence-corrected chi connectivity index (χ1v) is 8.25. The van der Waals surface area contributed by atoms with Gasteiger partial charge < -0.3 is 20.9 Å². The topological polar surface area (TPSA) is 103 Å². The van der Waals surface area contributed by atoms with Gasteiger partial charge in [-0.25, -0.2) is 0 Å². The number of aliphatic hydroxyl groups excluding tert-OH is 1. The second-order valence-electron chi connectivity index (χ2n) is 4.46. The van der Waals surface area contributed by atoms with E-state index in [1.54, 1.807) is 0 Å². The van der Waals surface area contributed by atoms with Crippen molar-refractivity contribution < 1.29 is 47.1 Å². The molecule has 0 aromatic carbocycles. The first kappa shape index (κ1) is 25.0. The van der Waals surface area contributed by atoms with Gasteiger partial charge in [-0.15, -0.1) is 0 Å². The van der Waals surface area contributed by atoms with Gasteiger partial charge in [0.1, 0.15) is 0 Å². The maximum Gasteiger partial charge on any atom is 0.179 e. The van der Waals surface area contributed by atoms with E-state index in [-0.39, 0.29) is 43.3 Å². The van der Waals surface area contributed by atoms with Crippen LogP contribution in [0.15, 0.2) is 0 Å². The Morgan fingerprint density at radius 2 is 1.20 bits per heavy atom. The Kier molecular flexibility index (Phi) is 21.6. The molecule has 1 aliphatic carbocycles. The van der Waals surface area contributed by atoms with Crippen molar-refractivity contribution in [1.29, 1.82) is 0 Å². The largest absolute Gasteiger partial charge is 0.433 e. The van der Waals surface area contributed by atoms with E-state index in [9.17, 15) is 0 Å². The van der Waals surface area contributed by atoms with E-state index in [2.05, 4.69) is 0 Å². The van der Waals surface area contributed by atoms with Gasteiger partial charge in [0, 0.05) is 26.2 Å². The van der Waals surface area contributed by atoms with Crippen LogP contribution in [0, 0.1) is 0 Å². The number of rotatable bonds is 0. The number of hydrogen-bond acceptors (Lipinski definition) is 2. The van der Waals surface area contributed by atoms with Crippen LogP contribution in [0.1, 0.15) is 32.1 Å². The molecule has 0 saturated heterocycles. The zero-order valence-electron chi connectivity index (χ0n) is 10.0. The van der Waals surface area contributed by atoms with Crippen molar-refractivity contribution in [3.63, 3.8) is 0 Å². The molecule has 4 nitrogen and oxygen atoms in total. The van der Waals surface area contributed by atoms with Gasteiger partial charge in [0.2, 0.25) is 0 Å². The Balaban J connectivity index is -0.0000000701. The van der Waals surface area contributed by atoms with Crippen molar-refractivity contribution in [2.45, 2.75) is 57.8 Å². The Morgan fingerprint density at radius 3 is 1.33 bits per heavy atom. The van der Waals surface area contributed by atoms with E-state index in [1.807, 2.05) is 19.6 Å². The van der Waals surface area contributed by atoms with Crippen LogP contribution < -0.4 is 0 Å². The second kappa shape index (κ2) is 13.0. The van der Waals surface area contributed by atoms with E-state index in [4.69, 9.17) is 9.90 Å². The van der Waals surface area contributed by atoms with Crippen molar-refractivity contribution in [3.8, 4) is 0 Å². The molecule has 0 aromatic rings. The van der Waals surface area contributed by atoms with Crippen LogP contribution in [0.5, 0.6) is 0 Å². The summed E-state index contributed by atoms with van der Waals surface area (Å²) in [6.07, 6.45) is 5.92. The first-order valence-electron chi connectivity index (χ1n) is 4.80. The maximum absolute atomic E-state index is 8.91. The molecule has 0 aliphatic heterocycles. The molecule has 0 atom stereocenters. The molecule has 15 heavy (non-hydrogen) atoms. The molecule has 0 heterocycles. The summed E-state index contributed by atoms with van der Waals surface area (Å²) < 4.78 is 0. The summed E-state index contributed by atoms with van der Waals surface area (Å²) in [5.41, 5.74) is 0. The van der Waals surface area contributed by atoms with Crippen LogP contribution in [-0.2, 0) is 26.2 Å². The van der Waals surface area contributed by atoms with Gasteiger partial charge in [-0.2, -0.15) is 0 Å². The SMILES string of the molecule is C[Si](C)(C)O.O.O.OC1CCCCC1.[Zr]. The van der Waals surface area contributed by atoms with Crippen LogP contribution >= 0.6 is 0 Å². The van der Waals surface area contributed by atoms with Crippen LogP contribution in [0.2, 0.25) is 19.6 Å². The molecule has 0 aromatic heterocycles. The van der Waals surface area contributed by atoms with Crippen LogP contribution in [0.4, 0.5) is 0 Å². The van der Waals surface area contributed by atoms with Crippen LogP contribution in [-0.4, -0.2) is 35.3 Å². The van der Waals surface area contributed by atoms with Gasteiger partial charge in [0.15, 0.2) is 8.32 Å². The van der Waals surface area contributed by atoms with Gasteiger partial charge in [-0.05, 0) is 32.5 Å². The summed E-state index contributed by atoms with van der Waals surface area (Å²) in [6.45, 7) is 5.65. The smallest absolute Gasteiger partial charge is 0.179 e. The van der Waals surface area contributed by atoms with E-state index < -0.39 is 8.32 Å². The maximum atomic E-state index is 8.91. The molecule has 0 radical (unpaired) electrons. The molecule has 0 bridgehead atoms. The van der Waals surface area contributed by atoms with E-state index >= 15 is 0 Å². The Hall–Kier alpha value is 0.940. The fourth-order valence-corrected chi connectivity index (χ4v) is 1.08. The molecule has 0 unspecified atom stereocenters. The van der Waals surface area contributed by atoms with Crippen molar-refractivity contribution in [2.24, 2.45) is 0 Å². The van der Waals surface area contributed by atoms with Gasteiger partial charge >= 0.3 is 0 Å².